The molecule has 0 aromatic carbocycles. The fourth-order valence-corrected chi connectivity index (χ4v) is 3.47. The number of imidazole rings is 1. The molecule has 142 valence electrons. The van der Waals surface area contributed by atoms with E-state index in [0.717, 1.165) is 18.5 Å². The van der Waals surface area contributed by atoms with Crippen LogP contribution in [0.5, 0.6) is 0 Å². The summed E-state index contributed by atoms with van der Waals surface area (Å²) in [7, 11) is -1.47. The number of likely N-dealkylation sites (tertiary alicyclic amines) is 1. The molecule has 0 bridgehead atoms. The molecule has 0 spiro atoms. The maximum atomic E-state index is 12.9. The lowest BCUT2D eigenvalue weighted by Crippen LogP contribution is -2.50. The van der Waals surface area contributed by atoms with Crippen LogP contribution in [0.3, 0.4) is 0 Å². The molecule has 3 N–H and O–H groups in total. The van der Waals surface area contributed by atoms with E-state index in [-0.39, 0.29) is 17.9 Å². The van der Waals surface area contributed by atoms with E-state index in [9.17, 15) is 9.59 Å². The molecule has 26 heavy (non-hydrogen) atoms. The van der Waals surface area contributed by atoms with Gasteiger partial charge >= 0.3 is 6.09 Å². The lowest BCUT2D eigenvalue weighted by atomic mass is 10.0. The number of nitrogens with one attached hydrogen (secondary N) is 2. The Morgan fingerprint density at radius 1 is 1.42 bits per heavy atom. The van der Waals surface area contributed by atoms with E-state index in [4.69, 9.17) is 5.11 Å². The van der Waals surface area contributed by atoms with Gasteiger partial charge in [0.15, 0.2) is 0 Å². The third kappa shape index (κ3) is 5.11. The average molecular weight is 377 g/mol. The average Bonchev–Trinajstić information content (AvgIpc) is 3.17. The molecular weight excluding hydrogens is 348 g/mol. The first-order valence-electron chi connectivity index (χ1n) is 8.96. The normalized spacial score (nSPS) is 18.4. The highest BCUT2D eigenvalue weighted by Crippen LogP contribution is 2.31. The summed E-state index contributed by atoms with van der Waals surface area (Å²) in [5, 5.41) is 11.4. The van der Waals surface area contributed by atoms with Crippen molar-refractivity contribution in [1.82, 2.24) is 20.2 Å². The summed E-state index contributed by atoms with van der Waals surface area (Å²) in [5.41, 5.74) is 4.05. The van der Waals surface area contributed by atoms with Crippen LogP contribution in [-0.2, 0) is 4.79 Å². The molecule has 2 heterocycles. The first-order valence-corrected chi connectivity index (χ1v) is 12.5. The van der Waals surface area contributed by atoms with Crippen molar-refractivity contribution in [2.45, 2.75) is 58.4 Å². The van der Waals surface area contributed by atoms with E-state index in [1.165, 1.54) is 0 Å². The van der Waals surface area contributed by atoms with Gasteiger partial charge in [-0.1, -0.05) is 39.4 Å². The van der Waals surface area contributed by atoms with Crippen molar-refractivity contribution >= 4 is 20.1 Å². The SMILES string of the molecule is CC(C)[C@H](NC(=O)O)C(=O)N1CCC[C@H]1c1ncc(C#C[Si](C)(C)C)[nH]1. The summed E-state index contributed by atoms with van der Waals surface area (Å²) in [6.45, 7) is 10.8. The zero-order valence-electron chi connectivity index (χ0n) is 16.1. The van der Waals surface area contributed by atoms with Gasteiger partial charge in [-0.2, -0.15) is 0 Å². The third-order valence-electron chi connectivity index (χ3n) is 4.23. The number of hydrogen-bond donors (Lipinski definition) is 3. The summed E-state index contributed by atoms with van der Waals surface area (Å²) >= 11 is 0. The number of hydrogen-bond acceptors (Lipinski definition) is 3. The molecule has 1 aliphatic heterocycles. The van der Waals surface area contributed by atoms with E-state index in [1.54, 1.807) is 11.1 Å². The first kappa shape index (κ1) is 20.0. The quantitative estimate of drug-likeness (QED) is 0.556. The molecule has 2 atom stereocenters. The molecule has 1 aromatic heterocycles. The number of carbonyl (C=O) groups excluding carboxylic acids is 1. The van der Waals surface area contributed by atoms with Gasteiger partial charge in [0, 0.05) is 6.54 Å². The Balaban J connectivity index is 2.19. The molecule has 1 aliphatic rings. The molecule has 0 unspecified atom stereocenters. The highest BCUT2D eigenvalue weighted by Gasteiger charge is 2.37. The minimum Gasteiger partial charge on any atom is -0.465 e. The van der Waals surface area contributed by atoms with Crippen molar-refractivity contribution in [3.8, 4) is 11.5 Å². The van der Waals surface area contributed by atoms with Crippen LogP contribution in [0.1, 0.15) is 44.2 Å². The Kier molecular flexibility index (Phi) is 6.13. The van der Waals surface area contributed by atoms with Crippen molar-refractivity contribution < 1.29 is 14.7 Å². The number of nitrogens with zero attached hydrogens (tertiary/aromatic N) is 2. The molecule has 8 heteroatoms. The van der Waals surface area contributed by atoms with Gasteiger partial charge < -0.3 is 20.3 Å². The van der Waals surface area contributed by atoms with Crippen LogP contribution >= 0.6 is 0 Å². The first-order chi connectivity index (χ1) is 12.1. The molecule has 1 fully saturated rings. The zero-order chi connectivity index (χ0) is 19.5. The second-order valence-corrected chi connectivity index (χ2v) is 12.8. The Hall–Kier alpha value is -2.27. The van der Waals surface area contributed by atoms with Crippen LogP contribution in [0.15, 0.2) is 6.20 Å². The summed E-state index contributed by atoms with van der Waals surface area (Å²) in [4.78, 5) is 33.3. The molecule has 0 saturated carbocycles. The van der Waals surface area contributed by atoms with E-state index in [1.807, 2.05) is 13.8 Å². The zero-order valence-corrected chi connectivity index (χ0v) is 17.1. The van der Waals surface area contributed by atoms with Crippen molar-refractivity contribution in [3.05, 3.63) is 17.7 Å². The summed E-state index contributed by atoms with van der Waals surface area (Å²) in [5.74, 6) is 3.53. The molecule has 0 radical (unpaired) electrons. The van der Waals surface area contributed by atoms with Gasteiger partial charge in [-0.05, 0) is 18.8 Å². The lowest BCUT2D eigenvalue weighted by Gasteiger charge is -2.29. The number of carbonyl (C=O) groups is 2. The highest BCUT2D eigenvalue weighted by molar-refractivity contribution is 6.83. The standard InChI is InChI=1S/C18H28N4O3Si/c1-12(2)15(21-18(24)25)17(23)22-9-6-7-14(22)16-19-11-13(20-16)8-10-26(3,4)5/h11-12,14-15,21H,6-7,9H2,1-5H3,(H,19,20)(H,24,25)/t14-,15-/m0/s1. The van der Waals surface area contributed by atoms with Gasteiger partial charge in [-0.15, -0.1) is 5.54 Å². The number of aromatic amines is 1. The van der Waals surface area contributed by atoms with Gasteiger partial charge in [0.1, 0.15) is 25.6 Å². The predicted molar refractivity (Wildman–Crippen MR) is 102 cm³/mol. The van der Waals surface area contributed by atoms with E-state index in [2.05, 4.69) is 46.4 Å². The van der Waals surface area contributed by atoms with Gasteiger partial charge in [0.25, 0.3) is 0 Å². The Morgan fingerprint density at radius 3 is 2.69 bits per heavy atom. The predicted octanol–water partition coefficient (Wildman–Crippen LogP) is 2.59. The Bertz CT molecular complexity index is 727. The van der Waals surface area contributed by atoms with Gasteiger partial charge in [0.2, 0.25) is 5.91 Å². The molecule has 2 rings (SSSR count). The number of amides is 2. The Morgan fingerprint density at radius 2 is 2.12 bits per heavy atom. The van der Waals surface area contributed by atoms with Crippen LogP contribution in [0.25, 0.3) is 0 Å². The van der Waals surface area contributed by atoms with Gasteiger partial charge in [-0.3, -0.25) is 4.79 Å². The third-order valence-corrected chi connectivity index (χ3v) is 5.11. The topological polar surface area (TPSA) is 98.3 Å². The second kappa shape index (κ2) is 7.95. The number of H-pyrrole nitrogens is 1. The molecule has 2 amide bonds. The van der Waals surface area contributed by atoms with Crippen molar-refractivity contribution in [2.75, 3.05) is 6.54 Å². The van der Waals surface area contributed by atoms with Crippen molar-refractivity contribution in [2.24, 2.45) is 5.92 Å². The minimum absolute atomic E-state index is 0.130. The maximum Gasteiger partial charge on any atom is 0.405 e. The fourth-order valence-electron chi connectivity index (χ4n) is 2.96. The van der Waals surface area contributed by atoms with Crippen LogP contribution in [0.2, 0.25) is 19.6 Å². The van der Waals surface area contributed by atoms with Crippen LogP contribution < -0.4 is 5.32 Å². The number of aromatic nitrogens is 2. The van der Waals surface area contributed by atoms with E-state index >= 15 is 0 Å². The molecule has 7 nitrogen and oxygen atoms in total. The largest absolute Gasteiger partial charge is 0.465 e. The van der Waals surface area contributed by atoms with Crippen LogP contribution in [0.4, 0.5) is 4.79 Å². The highest BCUT2D eigenvalue weighted by atomic mass is 28.3. The second-order valence-electron chi connectivity index (χ2n) is 8.04. The molecule has 1 aromatic rings. The molecule has 1 saturated heterocycles. The Labute approximate surface area is 155 Å². The molecule has 0 aliphatic carbocycles. The minimum atomic E-state index is -1.47. The van der Waals surface area contributed by atoms with Crippen molar-refractivity contribution in [3.63, 3.8) is 0 Å². The van der Waals surface area contributed by atoms with Crippen LogP contribution in [0, 0.1) is 17.4 Å². The summed E-state index contributed by atoms with van der Waals surface area (Å²) in [6.07, 6.45) is 2.19. The van der Waals surface area contributed by atoms with E-state index < -0.39 is 20.2 Å². The fraction of sp³-hybridized carbons (Fsp3) is 0.611. The van der Waals surface area contributed by atoms with E-state index in [0.29, 0.717) is 12.4 Å². The summed E-state index contributed by atoms with van der Waals surface area (Å²) < 4.78 is 0. The number of rotatable bonds is 4. The van der Waals surface area contributed by atoms with Gasteiger partial charge in [0.05, 0.1) is 12.2 Å². The van der Waals surface area contributed by atoms with Gasteiger partial charge in [-0.25, -0.2) is 9.78 Å². The monoisotopic (exact) mass is 376 g/mol. The smallest absolute Gasteiger partial charge is 0.405 e. The summed E-state index contributed by atoms with van der Waals surface area (Å²) in [6, 6.07) is -0.920. The number of carboxylic acid groups (broad SMARTS) is 1. The van der Waals surface area contributed by atoms with Crippen LogP contribution in [-0.4, -0.2) is 52.6 Å². The molecular formula is C18H28N4O3Si. The van der Waals surface area contributed by atoms with Crippen molar-refractivity contribution in [1.29, 1.82) is 0 Å². The maximum absolute atomic E-state index is 12.9. The lowest BCUT2D eigenvalue weighted by molar-refractivity contribution is -0.135.